The summed E-state index contributed by atoms with van der Waals surface area (Å²) in [6, 6.07) is 1.97. The summed E-state index contributed by atoms with van der Waals surface area (Å²) in [6.07, 6.45) is 2.57. The molecule has 0 aromatic carbocycles. The first kappa shape index (κ1) is 9.24. The SMILES string of the molecule is CC1(C)c2ccnn2CCC1C(N)=O. The third kappa shape index (κ3) is 1.14. The van der Waals surface area contributed by atoms with Gasteiger partial charge in [-0.25, -0.2) is 0 Å². The van der Waals surface area contributed by atoms with E-state index >= 15 is 0 Å². The number of hydrogen-bond acceptors (Lipinski definition) is 2. The van der Waals surface area contributed by atoms with E-state index < -0.39 is 0 Å². The predicted octanol–water partition coefficient (Wildman–Crippen LogP) is 0.666. The molecule has 0 aliphatic carbocycles. The molecule has 1 amide bonds. The maximum Gasteiger partial charge on any atom is 0.221 e. The lowest BCUT2D eigenvalue weighted by atomic mass is 9.72. The maximum absolute atomic E-state index is 11.3. The Balaban J connectivity index is 2.45. The van der Waals surface area contributed by atoms with E-state index in [1.165, 1.54) is 0 Å². The highest BCUT2D eigenvalue weighted by atomic mass is 16.1. The molecule has 1 aromatic heterocycles. The second-order valence-electron chi connectivity index (χ2n) is 4.40. The van der Waals surface area contributed by atoms with Crippen molar-refractivity contribution in [2.75, 3.05) is 0 Å². The number of nitrogens with zero attached hydrogens (tertiary/aromatic N) is 2. The highest BCUT2D eigenvalue weighted by Gasteiger charge is 2.40. The van der Waals surface area contributed by atoms with Crippen LogP contribution in [0, 0.1) is 5.92 Å². The second kappa shape index (κ2) is 2.83. The van der Waals surface area contributed by atoms with Crippen molar-refractivity contribution in [3.63, 3.8) is 0 Å². The number of carbonyl (C=O) groups is 1. The van der Waals surface area contributed by atoms with Gasteiger partial charge >= 0.3 is 0 Å². The molecule has 2 N–H and O–H groups in total. The molecule has 0 bridgehead atoms. The number of hydrogen-bond donors (Lipinski definition) is 1. The van der Waals surface area contributed by atoms with Crippen molar-refractivity contribution in [1.29, 1.82) is 0 Å². The van der Waals surface area contributed by atoms with Gasteiger partial charge < -0.3 is 5.73 Å². The monoisotopic (exact) mass is 193 g/mol. The van der Waals surface area contributed by atoms with Crippen molar-refractivity contribution in [3.8, 4) is 0 Å². The molecule has 0 spiro atoms. The summed E-state index contributed by atoms with van der Waals surface area (Å²) >= 11 is 0. The summed E-state index contributed by atoms with van der Waals surface area (Å²) in [5, 5.41) is 4.21. The fourth-order valence-corrected chi connectivity index (χ4v) is 2.35. The van der Waals surface area contributed by atoms with Crippen LogP contribution in [0.25, 0.3) is 0 Å². The molecule has 1 aromatic rings. The Morgan fingerprint density at radius 3 is 3.07 bits per heavy atom. The Hall–Kier alpha value is -1.32. The summed E-state index contributed by atoms with van der Waals surface area (Å²) in [7, 11) is 0. The van der Waals surface area contributed by atoms with E-state index in [1.54, 1.807) is 6.20 Å². The standard InChI is InChI=1S/C10H15N3O/c1-10(2)7(9(11)14)4-6-13-8(10)3-5-12-13/h3,5,7H,4,6H2,1-2H3,(H2,11,14). The Bertz CT molecular complexity index is 367. The fourth-order valence-electron chi connectivity index (χ4n) is 2.35. The van der Waals surface area contributed by atoms with E-state index in [1.807, 2.05) is 10.7 Å². The van der Waals surface area contributed by atoms with Crippen LogP contribution in [0.4, 0.5) is 0 Å². The predicted molar refractivity (Wildman–Crippen MR) is 52.6 cm³/mol. The molecule has 0 saturated heterocycles. The third-order valence-electron chi connectivity index (χ3n) is 3.22. The maximum atomic E-state index is 11.3. The Morgan fingerprint density at radius 2 is 2.43 bits per heavy atom. The minimum Gasteiger partial charge on any atom is -0.369 e. The molecule has 1 atom stereocenters. The molecular formula is C10H15N3O. The number of primary amides is 1. The van der Waals surface area contributed by atoms with Gasteiger partial charge in [-0.1, -0.05) is 13.8 Å². The number of amides is 1. The van der Waals surface area contributed by atoms with Gasteiger partial charge in [-0.2, -0.15) is 5.10 Å². The van der Waals surface area contributed by atoms with Gasteiger partial charge in [0.1, 0.15) is 0 Å². The van der Waals surface area contributed by atoms with Gasteiger partial charge in [0.25, 0.3) is 0 Å². The number of aromatic nitrogens is 2. The summed E-state index contributed by atoms with van der Waals surface area (Å²) in [5.74, 6) is -0.283. The molecule has 0 fully saturated rings. The molecule has 76 valence electrons. The van der Waals surface area contributed by atoms with E-state index in [2.05, 4.69) is 18.9 Å². The average molecular weight is 193 g/mol. The van der Waals surface area contributed by atoms with Crippen LogP contribution in [0.15, 0.2) is 12.3 Å². The molecule has 2 rings (SSSR count). The molecule has 1 aliphatic heterocycles. The Morgan fingerprint density at radius 1 is 1.71 bits per heavy atom. The molecule has 2 heterocycles. The lowest BCUT2D eigenvalue weighted by molar-refractivity contribution is -0.124. The number of fused-ring (bicyclic) bond motifs is 1. The van der Waals surface area contributed by atoms with Crippen LogP contribution in [0.3, 0.4) is 0 Å². The van der Waals surface area contributed by atoms with Crippen LogP contribution >= 0.6 is 0 Å². The zero-order valence-corrected chi connectivity index (χ0v) is 8.53. The molecule has 4 heteroatoms. The highest BCUT2D eigenvalue weighted by Crippen LogP contribution is 2.37. The Labute approximate surface area is 83.1 Å². The third-order valence-corrected chi connectivity index (χ3v) is 3.22. The molecular weight excluding hydrogens is 178 g/mol. The second-order valence-corrected chi connectivity index (χ2v) is 4.40. The molecule has 1 aliphatic rings. The number of aryl methyl sites for hydroxylation is 1. The van der Waals surface area contributed by atoms with Gasteiger partial charge in [0.2, 0.25) is 5.91 Å². The smallest absolute Gasteiger partial charge is 0.221 e. The van der Waals surface area contributed by atoms with Gasteiger partial charge in [0.05, 0.1) is 5.92 Å². The first-order valence-electron chi connectivity index (χ1n) is 4.85. The molecule has 4 nitrogen and oxygen atoms in total. The molecule has 1 unspecified atom stereocenters. The average Bonchev–Trinajstić information content (AvgIpc) is 2.51. The fraction of sp³-hybridized carbons (Fsp3) is 0.600. The van der Waals surface area contributed by atoms with E-state index in [9.17, 15) is 4.79 Å². The minimum absolute atomic E-state index is 0.0771. The van der Waals surface area contributed by atoms with Crippen LogP contribution in [-0.2, 0) is 16.8 Å². The topological polar surface area (TPSA) is 60.9 Å². The summed E-state index contributed by atoms with van der Waals surface area (Å²) in [5.41, 5.74) is 6.31. The number of nitrogens with two attached hydrogens (primary N) is 1. The van der Waals surface area contributed by atoms with Gasteiger partial charge in [0, 0.05) is 23.9 Å². The first-order valence-corrected chi connectivity index (χ1v) is 4.85. The quantitative estimate of drug-likeness (QED) is 0.712. The molecule has 14 heavy (non-hydrogen) atoms. The van der Waals surface area contributed by atoms with Crippen molar-refractivity contribution in [2.24, 2.45) is 11.7 Å². The molecule has 0 radical (unpaired) electrons. The summed E-state index contributed by atoms with van der Waals surface area (Å²) < 4.78 is 1.96. The van der Waals surface area contributed by atoms with Crippen LogP contribution in [0.5, 0.6) is 0 Å². The Kier molecular flexibility index (Phi) is 1.87. The van der Waals surface area contributed by atoms with E-state index in [-0.39, 0.29) is 17.2 Å². The van der Waals surface area contributed by atoms with Gasteiger partial charge in [-0.15, -0.1) is 0 Å². The molecule has 0 saturated carbocycles. The lowest BCUT2D eigenvalue weighted by Crippen LogP contribution is -2.44. The minimum atomic E-state index is -0.206. The van der Waals surface area contributed by atoms with Gasteiger partial charge in [-0.05, 0) is 12.5 Å². The van der Waals surface area contributed by atoms with Crippen LogP contribution in [-0.4, -0.2) is 15.7 Å². The van der Waals surface area contributed by atoms with E-state index in [0.717, 1.165) is 18.7 Å². The van der Waals surface area contributed by atoms with Crippen LogP contribution in [0.1, 0.15) is 26.0 Å². The summed E-state index contributed by atoms with van der Waals surface area (Å²) in [6.45, 7) is 4.89. The number of rotatable bonds is 1. The van der Waals surface area contributed by atoms with Crippen LogP contribution < -0.4 is 5.73 Å². The zero-order chi connectivity index (χ0) is 10.3. The van der Waals surface area contributed by atoms with Crippen molar-refractivity contribution >= 4 is 5.91 Å². The van der Waals surface area contributed by atoms with Crippen molar-refractivity contribution in [2.45, 2.75) is 32.2 Å². The van der Waals surface area contributed by atoms with Gasteiger partial charge in [-0.3, -0.25) is 9.48 Å². The van der Waals surface area contributed by atoms with E-state index in [0.29, 0.717) is 0 Å². The van der Waals surface area contributed by atoms with Crippen molar-refractivity contribution in [3.05, 3.63) is 18.0 Å². The van der Waals surface area contributed by atoms with Crippen molar-refractivity contribution < 1.29 is 4.79 Å². The largest absolute Gasteiger partial charge is 0.369 e. The zero-order valence-electron chi connectivity index (χ0n) is 8.53. The first-order chi connectivity index (χ1) is 6.53. The van der Waals surface area contributed by atoms with Crippen LogP contribution in [0.2, 0.25) is 0 Å². The highest BCUT2D eigenvalue weighted by molar-refractivity contribution is 5.78. The summed E-state index contributed by atoms with van der Waals surface area (Å²) in [4.78, 5) is 11.3. The van der Waals surface area contributed by atoms with Crippen molar-refractivity contribution in [1.82, 2.24) is 9.78 Å². The van der Waals surface area contributed by atoms with E-state index in [4.69, 9.17) is 5.73 Å². The number of carbonyl (C=O) groups excluding carboxylic acids is 1. The normalized spacial score (nSPS) is 24.3. The lowest BCUT2D eigenvalue weighted by Gasteiger charge is -2.36. The van der Waals surface area contributed by atoms with Gasteiger partial charge in [0.15, 0.2) is 0 Å².